The molecule has 1 aromatic heterocycles. The van der Waals surface area contributed by atoms with Crippen LogP contribution in [0.3, 0.4) is 0 Å². The first-order valence-corrected chi connectivity index (χ1v) is 6.93. The largest absolute Gasteiger partial charge is 0.468 e. The van der Waals surface area contributed by atoms with Crippen molar-refractivity contribution in [1.82, 2.24) is 15.1 Å². The lowest BCUT2D eigenvalue weighted by molar-refractivity contribution is -0.147. The lowest BCUT2D eigenvalue weighted by Gasteiger charge is -2.25. The second kappa shape index (κ2) is 6.67. The van der Waals surface area contributed by atoms with Crippen LogP contribution in [-0.4, -0.2) is 35.2 Å². The highest BCUT2D eigenvalue weighted by Crippen LogP contribution is 2.25. The van der Waals surface area contributed by atoms with E-state index in [1.165, 1.54) is 7.11 Å². The topological polar surface area (TPSA) is 58.2 Å². The summed E-state index contributed by atoms with van der Waals surface area (Å²) in [5, 5.41) is 6.80. The standard InChI is InChI=1S/C14H16BrN3O2/c1-18(9-12-6-7-16-17-12)13(14(19)20-2)10-4-3-5-11(15)8-10/h3-8,13H,9H2,1-2H3,(H,16,17). The number of aromatic nitrogens is 2. The zero-order valence-corrected chi connectivity index (χ0v) is 12.9. The van der Waals surface area contributed by atoms with Crippen molar-refractivity contribution >= 4 is 21.9 Å². The molecule has 0 saturated heterocycles. The van der Waals surface area contributed by atoms with E-state index in [1.807, 2.05) is 42.3 Å². The Hall–Kier alpha value is -1.66. The lowest BCUT2D eigenvalue weighted by Crippen LogP contribution is -2.31. The fraction of sp³-hybridized carbons (Fsp3) is 0.286. The lowest BCUT2D eigenvalue weighted by atomic mass is 10.1. The van der Waals surface area contributed by atoms with Crippen molar-refractivity contribution in [1.29, 1.82) is 0 Å². The number of benzene rings is 1. The fourth-order valence-corrected chi connectivity index (χ4v) is 2.51. The average molecular weight is 338 g/mol. The van der Waals surface area contributed by atoms with E-state index in [9.17, 15) is 4.79 Å². The molecule has 0 radical (unpaired) electrons. The van der Waals surface area contributed by atoms with E-state index in [4.69, 9.17) is 4.74 Å². The molecular weight excluding hydrogens is 322 g/mol. The van der Waals surface area contributed by atoms with E-state index in [1.54, 1.807) is 6.20 Å². The normalized spacial score (nSPS) is 12.4. The van der Waals surface area contributed by atoms with Crippen LogP contribution in [0, 0.1) is 0 Å². The molecular formula is C14H16BrN3O2. The molecule has 0 aliphatic carbocycles. The summed E-state index contributed by atoms with van der Waals surface area (Å²) in [5.41, 5.74) is 1.82. The molecule has 20 heavy (non-hydrogen) atoms. The Morgan fingerprint density at radius 3 is 2.90 bits per heavy atom. The van der Waals surface area contributed by atoms with Gasteiger partial charge in [0.15, 0.2) is 0 Å². The monoisotopic (exact) mass is 337 g/mol. The number of H-pyrrole nitrogens is 1. The van der Waals surface area contributed by atoms with E-state index in [0.717, 1.165) is 15.7 Å². The zero-order chi connectivity index (χ0) is 14.5. The summed E-state index contributed by atoms with van der Waals surface area (Å²) in [6, 6.07) is 9.08. The van der Waals surface area contributed by atoms with Gasteiger partial charge in [-0.1, -0.05) is 28.1 Å². The van der Waals surface area contributed by atoms with Crippen molar-refractivity contribution < 1.29 is 9.53 Å². The third-order valence-electron chi connectivity index (χ3n) is 3.01. The number of carbonyl (C=O) groups is 1. The maximum absolute atomic E-state index is 12.1. The maximum atomic E-state index is 12.1. The predicted molar refractivity (Wildman–Crippen MR) is 79.0 cm³/mol. The number of carbonyl (C=O) groups excluding carboxylic acids is 1. The number of nitrogens with zero attached hydrogens (tertiary/aromatic N) is 2. The number of esters is 1. The zero-order valence-electron chi connectivity index (χ0n) is 11.3. The molecule has 0 spiro atoms. The number of ether oxygens (including phenoxy) is 1. The summed E-state index contributed by atoms with van der Waals surface area (Å²) in [5.74, 6) is -0.287. The minimum atomic E-state index is -0.458. The van der Waals surface area contributed by atoms with Crippen molar-refractivity contribution in [3.8, 4) is 0 Å². The Labute approximate surface area is 126 Å². The summed E-state index contributed by atoms with van der Waals surface area (Å²) in [7, 11) is 3.28. The number of rotatable bonds is 5. The molecule has 5 nitrogen and oxygen atoms in total. The van der Waals surface area contributed by atoms with Crippen molar-refractivity contribution in [3.05, 3.63) is 52.3 Å². The highest BCUT2D eigenvalue weighted by Gasteiger charge is 2.26. The van der Waals surface area contributed by atoms with Crippen molar-refractivity contribution in [2.75, 3.05) is 14.2 Å². The van der Waals surface area contributed by atoms with Crippen molar-refractivity contribution in [3.63, 3.8) is 0 Å². The van der Waals surface area contributed by atoms with Gasteiger partial charge in [-0.3, -0.25) is 10.00 Å². The number of halogens is 1. The highest BCUT2D eigenvalue weighted by atomic mass is 79.9. The van der Waals surface area contributed by atoms with Crippen LogP contribution in [0.15, 0.2) is 41.0 Å². The summed E-state index contributed by atoms with van der Waals surface area (Å²) >= 11 is 3.42. The number of hydrogen-bond donors (Lipinski definition) is 1. The van der Waals surface area contributed by atoms with Gasteiger partial charge in [-0.25, -0.2) is 4.79 Å². The molecule has 1 N–H and O–H groups in total. The van der Waals surface area contributed by atoms with Crippen molar-refractivity contribution in [2.24, 2.45) is 0 Å². The Bertz CT molecular complexity index is 572. The molecule has 0 saturated carbocycles. The molecule has 0 amide bonds. The number of nitrogens with one attached hydrogen (secondary N) is 1. The Kier molecular flexibility index (Phi) is 4.92. The molecule has 1 heterocycles. The van der Waals surface area contributed by atoms with Gasteiger partial charge in [-0.15, -0.1) is 0 Å². The number of likely N-dealkylation sites (N-methyl/N-ethyl adjacent to an activating group) is 1. The minimum Gasteiger partial charge on any atom is -0.468 e. The van der Waals surface area contributed by atoms with Gasteiger partial charge >= 0.3 is 5.97 Å². The van der Waals surface area contributed by atoms with E-state index >= 15 is 0 Å². The molecule has 1 atom stereocenters. The third-order valence-corrected chi connectivity index (χ3v) is 3.50. The molecule has 0 aliphatic rings. The first-order valence-electron chi connectivity index (χ1n) is 6.13. The molecule has 1 aromatic carbocycles. The Balaban J connectivity index is 2.25. The predicted octanol–water partition coefficient (Wildman–Crippen LogP) is 2.52. The van der Waals surface area contributed by atoms with Crippen LogP contribution in [-0.2, 0) is 16.1 Å². The van der Waals surface area contributed by atoms with Crippen LogP contribution >= 0.6 is 15.9 Å². The van der Waals surface area contributed by atoms with Crippen LogP contribution in [0.4, 0.5) is 0 Å². The van der Waals surface area contributed by atoms with E-state index in [-0.39, 0.29) is 5.97 Å². The summed E-state index contributed by atoms with van der Waals surface area (Å²) in [6.07, 6.45) is 1.69. The number of hydrogen-bond acceptors (Lipinski definition) is 4. The first-order chi connectivity index (χ1) is 9.61. The third kappa shape index (κ3) is 3.46. The number of aromatic amines is 1. The average Bonchev–Trinajstić information content (AvgIpc) is 2.91. The van der Waals surface area contributed by atoms with Crippen molar-refractivity contribution in [2.45, 2.75) is 12.6 Å². The van der Waals surface area contributed by atoms with E-state index in [0.29, 0.717) is 6.54 Å². The van der Waals surface area contributed by atoms with Crippen LogP contribution in [0.25, 0.3) is 0 Å². The van der Waals surface area contributed by atoms with Gasteiger partial charge in [0.25, 0.3) is 0 Å². The first kappa shape index (κ1) is 14.7. The molecule has 0 aliphatic heterocycles. The van der Waals surface area contributed by atoms with Gasteiger partial charge in [0.2, 0.25) is 0 Å². The maximum Gasteiger partial charge on any atom is 0.327 e. The molecule has 0 fully saturated rings. The quantitative estimate of drug-likeness (QED) is 0.851. The van der Waals surface area contributed by atoms with E-state index in [2.05, 4.69) is 26.1 Å². The fourth-order valence-electron chi connectivity index (χ4n) is 2.09. The molecule has 2 rings (SSSR count). The van der Waals surface area contributed by atoms with Crippen LogP contribution < -0.4 is 0 Å². The Morgan fingerprint density at radius 1 is 1.50 bits per heavy atom. The summed E-state index contributed by atoms with van der Waals surface area (Å²) < 4.78 is 5.85. The van der Waals surface area contributed by atoms with Crippen LogP contribution in [0.2, 0.25) is 0 Å². The van der Waals surface area contributed by atoms with Gasteiger partial charge in [-0.05, 0) is 30.8 Å². The van der Waals surface area contributed by atoms with Gasteiger partial charge in [-0.2, -0.15) is 5.10 Å². The van der Waals surface area contributed by atoms with Crippen LogP contribution in [0.5, 0.6) is 0 Å². The summed E-state index contributed by atoms with van der Waals surface area (Å²) in [4.78, 5) is 14.0. The smallest absolute Gasteiger partial charge is 0.327 e. The summed E-state index contributed by atoms with van der Waals surface area (Å²) in [6.45, 7) is 0.576. The molecule has 1 unspecified atom stereocenters. The number of methoxy groups -OCH3 is 1. The van der Waals surface area contributed by atoms with Gasteiger partial charge in [0.05, 0.1) is 7.11 Å². The molecule has 2 aromatic rings. The van der Waals surface area contributed by atoms with Gasteiger partial charge in [0, 0.05) is 22.9 Å². The Morgan fingerprint density at radius 2 is 2.30 bits per heavy atom. The van der Waals surface area contributed by atoms with E-state index < -0.39 is 6.04 Å². The highest BCUT2D eigenvalue weighted by molar-refractivity contribution is 9.10. The van der Waals surface area contributed by atoms with Gasteiger partial charge in [0.1, 0.15) is 6.04 Å². The second-order valence-corrected chi connectivity index (χ2v) is 5.39. The molecule has 106 valence electrons. The minimum absolute atomic E-state index is 0.287. The SMILES string of the molecule is COC(=O)C(c1cccc(Br)c1)N(C)Cc1ccn[nH]1. The van der Waals surface area contributed by atoms with Gasteiger partial charge < -0.3 is 4.74 Å². The molecule has 0 bridgehead atoms. The second-order valence-electron chi connectivity index (χ2n) is 4.48. The van der Waals surface area contributed by atoms with Crippen LogP contribution in [0.1, 0.15) is 17.3 Å². The molecule has 6 heteroatoms.